The minimum Gasteiger partial charge on any atom is -0.480 e. The zero-order valence-electron chi connectivity index (χ0n) is 13.4. The number of carbonyl (C=O) groups excluding carboxylic acids is 1. The van der Waals surface area contributed by atoms with Gasteiger partial charge in [-0.15, -0.1) is 0 Å². The molecule has 0 aromatic carbocycles. The number of aliphatic carboxylic acids is 1. The van der Waals surface area contributed by atoms with Crippen molar-refractivity contribution >= 4 is 12.0 Å². The number of likely N-dealkylation sites (tertiary alicyclic amines) is 1. The number of carbonyl (C=O) groups is 2. The molecule has 2 rings (SSSR count). The number of urea groups is 1. The van der Waals surface area contributed by atoms with Gasteiger partial charge in [0.25, 0.3) is 0 Å². The van der Waals surface area contributed by atoms with Gasteiger partial charge in [-0.25, -0.2) is 9.59 Å². The van der Waals surface area contributed by atoms with Gasteiger partial charge in [0.2, 0.25) is 0 Å². The van der Waals surface area contributed by atoms with Crippen LogP contribution in [0.2, 0.25) is 0 Å². The maximum atomic E-state index is 12.8. The van der Waals surface area contributed by atoms with Gasteiger partial charge in [-0.2, -0.15) is 0 Å². The average molecular weight is 296 g/mol. The first kappa shape index (κ1) is 16.1. The summed E-state index contributed by atoms with van der Waals surface area (Å²) in [6, 6.07) is -0.456. The Kier molecular flexibility index (Phi) is 5.12. The first-order valence-corrected chi connectivity index (χ1v) is 8.25. The van der Waals surface area contributed by atoms with E-state index in [9.17, 15) is 14.7 Å². The Hall–Kier alpha value is -1.26. The second kappa shape index (κ2) is 6.67. The van der Waals surface area contributed by atoms with Crippen LogP contribution in [0.5, 0.6) is 0 Å². The van der Waals surface area contributed by atoms with E-state index in [1.54, 1.807) is 16.8 Å². The molecule has 0 radical (unpaired) electrons. The van der Waals surface area contributed by atoms with Gasteiger partial charge in [0.15, 0.2) is 0 Å². The van der Waals surface area contributed by atoms with E-state index in [1.807, 2.05) is 6.92 Å². The van der Waals surface area contributed by atoms with Gasteiger partial charge in [0.05, 0.1) is 0 Å². The van der Waals surface area contributed by atoms with Crippen molar-refractivity contribution < 1.29 is 14.7 Å². The number of carboxylic acids is 1. The van der Waals surface area contributed by atoms with Crippen LogP contribution in [-0.2, 0) is 4.79 Å². The fourth-order valence-corrected chi connectivity index (χ4v) is 3.94. The first-order chi connectivity index (χ1) is 9.97. The monoisotopic (exact) mass is 296 g/mol. The third-order valence-electron chi connectivity index (χ3n) is 5.26. The zero-order chi connectivity index (χ0) is 15.6. The van der Waals surface area contributed by atoms with Crippen LogP contribution in [0, 0.1) is 5.92 Å². The molecular weight excluding hydrogens is 268 g/mol. The topological polar surface area (TPSA) is 60.9 Å². The summed E-state index contributed by atoms with van der Waals surface area (Å²) in [4.78, 5) is 27.8. The molecule has 0 aromatic heterocycles. The highest BCUT2D eigenvalue weighted by atomic mass is 16.4. The van der Waals surface area contributed by atoms with Gasteiger partial charge < -0.3 is 14.9 Å². The molecule has 5 heteroatoms. The van der Waals surface area contributed by atoms with Crippen LogP contribution in [-0.4, -0.2) is 52.1 Å². The van der Waals surface area contributed by atoms with Gasteiger partial charge in [0.1, 0.15) is 6.04 Å². The number of hydrogen-bond acceptors (Lipinski definition) is 2. The molecule has 21 heavy (non-hydrogen) atoms. The minimum atomic E-state index is -0.853. The van der Waals surface area contributed by atoms with Gasteiger partial charge >= 0.3 is 12.0 Å². The van der Waals surface area contributed by atoms with E-state index in [0.717, 1.165) is 38.5 Å². The lowest BCUT2D eigenvalue weighted by Gasteiger charge is -2.37. The van der Waals surface area contributed by atoms with E-state index in [1.165, 1.54) is 0 Å². The molecule has 1 saturated carbocycles. The number of nitrogens with zero attached hydrogens (tertiary/aromatic N) is 2. The van der Waals surface area contributed by atoms with E-state index in [2.05, 4.69) is 6.92 Å². The largest absolute Gasteiger partial charge is 0.480 e. The highest BCUT2D eigenvalue weighted by Gasteiger charge is 2.48. The molecule has 120 valence electrons. The summed E-state index contributed by atoms with van der Waals surface area (Å²) in [5, 5.41) is 9.49. The summed E-state index contributed by atoms with van der Waals surface area (Å²) in [6.45, 7) is 4.13. The molecule has 1 saturated heterocycles. The maximum absolute atomic E-state index is 12.8. The van der Waals surface area contributed by atoms with Crippen molar-refractivity contribution in [1.82, 2.24) is 9.80 Å². The Balaban J connectivity index is 2.16. The Morgan fingerprint density at radius 1 is 1.33 bits per heavy atom. The summed E-state index contributed by atoms with van der Waals surface area (Å²) in [7, 11) is 1.80. The van der Waals surface area contributed by atoms with E-state index < -0.39 is 12.0 Å². The SMILES string of the molecule is CCCC(C)N(C)C(=O)N1C(C(=O)O)CC2CCCCC21. The summed E-state index contributed by atoms with van der Waals surface area (Å²) in [5.41, 5.74) is 0. The lowest BCUT2D eigenvalue weighted by molar-refractivity contribution is -0.141. The molecule has 4 unspecified atom stereocenters. The van der Waals surface area contributed by atoms with Crippen molar-refractivity contribution in [3.05, 3.63) is 0 Å². The van der Waals surface area contributed by atoms with Crippen molar-refractivity contribution in [3.63, 3.8) is 0 Å². The highest BCUT2D eigenvalue weighted by Crippen LogP contribution is 2.40. The summed E-state index contributed by atoms with van der Waals surface area (Å²) in [6.07, 6.45) is 6.88. The third kappa shape index (κ3) is 3.16. The number of hydrogen-bond donors (Lipinski definition) is 1. The van der Waals surface area contributed by atoms with Crippen LogP contribution in [0.4, 0.5) is 4.79 Å². The second-order valence-electron chi connectivity index (χ2n) is 6.64. The van der Waals surface area contributed by atoms with E-state index in [0.29, 0.717) is 12.3 Å². The average Bonchev–Trinajstić information content (AvgIpc) is 2.85. The van der Waals surface area contributed by atoms with E-state index >= 15 is 0 Å². The van der Waals surface area contributed by atoms with Crippen LogP contribution in [0.15, 0.2) is 0 Å². The smallest absolute Gasteiger partial charge is 0.326 e. The fourth-order valence-electron chi connectivity index (χ4n) is 3.94. The number of fused-ring (bicyclic) bond motifs is 1. The van der Waals surface area contributed by atoms with Crippen LogP contribution >= 0.6 is 0 Å². The molecule has 4 atom stereocenters. The van der Waals surface area contributed by atoms with Crippen LogP contribution in [0.1, 0.15) is 58.8 Å². The number of rotatable bonds is 4. The zero-order valence-corrected chi connectivity index (χ0v) is 13.4. The van der Waals surface area contributed by atoms with Crippen LogP contribution in [0.25, 0.3) is 0 Å². The Bertz CT molecular complexity index is 399. The van der Waals surface area contributed by atoms with Crippen molar-refractivity contribution in [1.29, 1.82) is 0 Å². The molecular formula is C16H28N2O3. The molecule has 1 N–H and O–H groups in total. The first-order valence-electron chi connectivity index (χ1n) is 8.25. The van der Waals surface area contributed by atoms with Crippen LogP contribution < -0.4 is 0 Å². The molecule has 2 amide bonds. The number of carboxylic acid groups (broad SMARTS) is 1. The van der Waals surface area contributed by atoms with Crippen molar-refractivity contribution in [2.75, 3.05) is 7.05 Å². The van der Waals surface area contributed by atoms with Crippen molar-refractivity contribution in [3.8, 4) is 0 Å². The van der Waals surface area contributed by atoms with Crippen LogP contribution in [0.3, 0.4) is 0 Å². The van der Waals surface area contributed by atoms with Gasteiger partial charge in [-0.3, -0.25) is 0 Å². The summed E-state index contributed by atoms with van der Waals surface area (Å²) >= 11 is 0. The maximum Gasteiger partial charge on any atom is 0.326 e. The predicted molar refractivity (Wildman–Crippen MR) is 81.2 cm³/mol. The molecule has 2 aliphatic rings. The van der Waals surface area contributed by atoms with Gasteiger partial charge in [-0.05, 0) is 38.5 Å². The molecule has 5 nitrogen and oxygen atoms in total. The van der Waals surface area contributed by atoms with Crippen molar-refractivity contribution in [2.24, 2.45) is 5.92 Å². The molecule has 0 spiro atoms. The summed E-state index contributed by atoms with van der Waals surface area (Å²) < 4.78 is 0. The molecule has 1 aliphatic heterocycles. The van der Waals surface area contributed by atoms with Gasteiger partial charge in [0, 0.05) is 19.1 Å². The van der Waals surface area contributed by atoms with E-state index in [4.69, 9.17) is 0 Å². The Morgan fingerprint density at radius 3 is 2.62 bits per heavy atom. The second-order valence-corrected chi connectivity index (χ2v) is 6.64. The van der Waals surface area contributed by atoms with Gasteiger partial charge in [-0.1, -0.05) is 26.2 Å². The third-order valence-corrected chi connectivity index (χ3v) is 5.26. The molecule has 1 aliphatic carbocycles. The lowest BCUT2D eigenvalue weighted by Crippen LogP contribution is -2.53. The molecule has 0 aromatic rings. The highest BCUT2D eigenvalue weighted by molar-refractivity contribution is 5.84. The fraction of sp³-hybridized carbons (Fsp3) is 0.875. The quantitative estimate of drug-likeness (QED) is 0.867. The summed E-state index contributed by atoms with van der Waals surface area (Å²) in [5.74, 6) is -0.479. The predicted octanol–water partition coefficient (Wildman–Crippen LogP) is 2.94. The van der Waals surface area contributed by atoms with E-state index in [-0.39, 0.29) is 18.1 Å². The standard InChI is InChI=1S/C16H28N2O3/c1-4-7-11(2)17(3)16(21)18-13-9-6-5-8-12(13)10-14(18)15(19)20/h11-14H,4-10H2,1-3H3,(H,19,20). The molecule has 1 heterocycles. The lowest BCUT2D eigenvalue weighted by atomic mass is 9.85. The number of amides is 2. The normalized spacial score (nSPS) is 29.9. The Labute approximate surface area is 127 Å². The Morgan fingerprint density at radius 2 is 2.00 bits per heavy atom. The molecule has 0 bridgehead atoms. The van der Waals surface area contributed by atoms with Crippen molar-refractivity contribution in [2.45, 2.75) is 76.9 Å². The minimum absolute atomic E-state index is 0.0993. The molecule has 2 fully saturated rings.